The first kappa shape index (κ1) is 21.9. The molecule has 154 valence electrons. The average molecular weight is 401 g/mol. The van der Waals surface area contributed by atoms with Crippen molar-refractivity contribution in [1.29, 1.82) is 0 Å². The van der Waals surface area contributed by atoms with E-state index in [2.05, 4.69) is 5.32 Å². The number of carbonyl (C=O) groups excluding carboxylic acids is 3. The van der Waals surface area contributed by atoms with E-state index in [1.165, 1.54) is 0 Å². The predicted octanol–water partition coefficient (Wildman–Crippen LogP) is 2.16. The molecule has 0 aliphatic rings. The van der Waals surface area contributed by atoms with Crippen LogP contribution in [0.1, 0.15) is 30.6 Å². The molecule has 0 aliphatic carbocycles. The highest BCUT2D eigenvalue weighted by atomic mass is 16.5. The van der Waals surface area contributed by atoms with E-state index in [1.807, 2.05) is 18.2 Å². The van der Waals surface area contributed by atoms with Crippen molar-refractivity contribution in [3.8, 4) is 0 Å². The van der Waals surface area contributed by atoms with Crippen molar-refractivity contribution in [2.24, 2.45) is 5.92 Å². The fourth-order valence-corrected chi connectivity index (χ4v) is 2.96. The molecule has 0 fully saturated rings. The van der Waals surface area contributed by atoms with Gasteiger partial charge in [-0.3, -0.25) is 14.4 Å². The molecular weight excluding hydrogens is 378 g/mol. The monoisotopic (exact) mass is 401 g/mol. The second-order valence-corrected chi connectivity index (χ2v) is 6.18. The summed E-state index contributed by atoms with van der Waals surface area (Å²) in [6, 6.07) is 10.5. The van der Waals surface area contributed by atoms with Crippen molar-refractivity contribution in [2.45, 2.75) is 26.3 Å². The molecular formula is C21H23NO7. The molecule has 8 nitrogen and oxygen atoms in total. The van der Waals surface area contributed by atoms with Crippen molar-refractivity contribution < 1.29 is 33.8 Å². The minimum Gasteiger partial charge on any atom is -0.480 e. The van der Waals surface area contributed by atoms with Gasteiger partial charge in [-0.1, -0.05) is 36.4 Å². The number of carbonyl (C=O) groups is 4. The number of benzene rings is 2. The predicted molar refractivity (Wildman–Crippen MR) is 104 cm³/mol. The Morgan fingerprint density at radius 3 is 2.28 bits per heavy atom. The molecule has 0 aromatic heterocycles. The van der Waals surface area contributed by atoms with Crippen LogP contribution in [0, 0.1) is 5.92 Å². The molecule has 0 bridgehead atoms. The fourth-order valence-electron chi connectivity index (χ4n) is 2.96. The van der Waals surface area contributed by atoms with Crippen LogP contribution < -0.4 is 5.32 Å². The number of carboxylic acids is 1. The minimum atomic E-state index is -1.66. The quantitative estimate of drug-likeness (QED) is 0.618. The van der Waals surface area contributed by atoms with E-state index in [9.17, 15) is 24.3 Å². The number of ether oxygens (including phenoxy) is 2. The van der Waals surface area contributed by atoms with Crippen molar-refractivity contribution >= 4 is 34.6 Å². The number of fused-ring (bicyclic) bond motifs is 1. The third-order valence-electron chi connectivity index (χ3n) is 4.27. The lowest BCUT2D eigenvalue weighted by atomic mass is 9.95. The van der Waals surface area contributed by atoms with Crippen LogP contribution in [0.5, 0.6) is 0 Å². The molecule has 2 aromatic carbocycles. The Kier molecular flexibility index (Phi) is 7.70. The molecule has 0 saturated heterocycles. The highest BCUT2D eigenvalue weighted by Crippen LogP contribution is 2.20. The summed E-state index contributed by atoms with van der Waals surface area (Å²) < 4.78 is 9.74. The lowest BCUT2D eigenvalue weighted by molar-refractivity contribution is -0.159. The molecule has 0 spiro atoms. The molecule has 2 aromatic rings. The maximum absolute atomic E-state index is 12.8. The number of carboxylic acid groups (broad SMARTS) is 1. The summed E-state index contributed by atoms with van der Waals surface area (Å²) in [7, 11) is 0. The van der Waals surface area contributed by atoms with E-state index in [-0.39, 0.29) is 18.8 Å². The third kappa shape index (κ3) is 5.54. The lowest BCUT2D eigenvalue weighted by Gasteiger charge is -2.23. The van der Waals surface area contributed by atoms with Gasteiger partial charge in [0.25, 0.3) is 5.91 Å². The zero-order chi connectivity index (χ0) is 21.4. The maximum atomic E-state index is 12.8. The Bertz CT molecular complexity index is 904. The molecule has 2 rings (SSSR count). The van der Waals surface area contributed by atoms with Crippen LogP contribution in [0.3, 0.4) is 0 Å². The summed E-state index contributed by atoms with van der Waals surface area (Å²) in [4.78, 5) is 48.9. The molecule has 0 radical (unpaired) electrons. The van der Waals surface area contributed by atoms with Crippen LogP contribution in [0.2, 0.25) is 0 Å². The van der Waals surface area contributed by atoms with Crippen LogP contribution in [0.25, 0.3) is 10.8 Å². The summed E-state index contributed by atoms with van der Waals surface area (Å²) in [6.07, 6.45) is -0.528. The molecule has 2 N–H and O–H groups in total. The molecule has 0 unspecified atom stereocenters. The van der Waals surface area contributed by atoms with Crippen molar-refractivity contribution in [3.05, 3.63) is 48.0 Å². The van der Waals surface area contributed by atoms with Crippen LogP contribution >= 0.6 is 0 Å². The Morgan fingerprint density at radius 1 is 0.966 bits per heavy atom. The van der Waals surface area contributed by atoms with Gasteiger partial charge in [0.1, 0.15) is 6.04 Å². The standard InChI is InChI=1S/C21H23NO7/c1-3-28-17(23)12-16(21(27)29-4-2)18(20(25)26)22-19(24)15-11-7-9-13-8-5-6-10-14(13)15/h5-11,16,18H,3-4,12H2,1-2H3,(H,22,24)(H,25,26)/t16-,18-/m0/s1. The van der Waals surface area contributed by atoms with Crippen LogP contribution in [0.15, 0.2) is 42.5 Å². The third-order valence-corrected chi connectivity index (χ3v) is 4.27. The first-order valence-electron chi connectivity index (χ1n) is 9.22. The van der Waals surface area contributed by atoms with Gasteiger partial charge in [-0.05, 0) is 30.7 Å². The van der Waals surface area contributed by atoms with Crippen LogP contribution in [0.4, 0.5) is 0 Å². The number of hydrogen-bond donors (Lipinski definition) is 2. The van der Waals surface area contributed by atoms with Gasteiger partial charge in [0, 0.05) is 5.56 Å². The fraction of sp³-hybridized carbons (Fsp3) is 0.333. The number of rotatable bonds is 9. The Hall–Kier alpha value is -3.42. The van der Waals surface area contributed by atoms with Crippen molar-refractivity contribution in [3.63, 3.8) is 0 Å². The van der Waals surface area contributed by atoms with E-state index in [0.29, 0.717) is 5.39 Å². The normalized spacial score (nSPS) is 12.6. The van der Waals surface area contributed by atoms with Gasteiger partial charge in [-0.25, -0.2) is 4.79 Å². The Balaban J connectivity index is 2.33. The first-order valence-corrected chi connectivity index (χ1v) is 9.22. The summed E-state index contributed by atoms with van der Waals surface area (Å²) >= 11 is 0. The van der Waals surface area contributed by atoms with Crippen LogP contribution in [-0.2, 0) is 23.9 Å². The molecule has 0 saturated carbocycles. The minimum absolute atomic E-state index is 0.00175. The van der Waals surface area contributed by atoms with E-state index >= 15 is 0 Å². The topological polar surface area (TPSA) is 119 Å². The van der Waals surface area contributed by atoms with E-state index in [4.69, 9.17) is 9.47 Å². The van der Waals surface area contributed by atoms with Gasteiger partial charge in [0.05, 0.1) is 25.6 Å². The van der Waals surface area contributed by atoms with Crippen LogP contribution in [-0.4, -0.2) is 48.2 Å². The average Bonchev–Trinajstić information content (AvgIpc) is 2.70. The zero-order valence-corrected chi connectivity index (χ0v) is 16.2. The summed E-state index contributed by atoms with van der Waals surface area (Å²) in [5.41, 5.74) is 0.257. The van der Waals surface area contributed by atoms with Gasteiger partial charge < -0.3 is 19.9 Å². The second kappa shape index (κ2) is 10.2. The van der Waals surface area contributed by atoms with Gasteiger partial charge in [0.15, 0.2) is 0 Å². The highest BCUT2D eigenvalue weighted by molar-refractivity contribution is 6.08. The zero-order valence-electron chi connectivity index (χ0n) is 16.2. The maximum Gasteiger partial charge on any atom is 0.327 e. The van der Waals surface area contributed by atoms with Gasteiger partial charge in [-0.15, -0.1) is 0 Å². The SMILES string of the molecule is CCOC(=O)C[C@H](C(=O)OCC)[C@H](NC(=O)c1cccc2ccccc12)C(=O)O. The van der Waals surface area contributed by atoms with E-state index < -0.39 is 42.2 Å². The number of hydrogen-bond acceptors (Lipinski definition) is 6. The summed E-state index contributed by atoms with van der Waals surface area (Å²) in [5.74, 6) is -5.21. The lowest BCUT2D eigenvalue weighted by Crippen LogP contribution is -2.49. The molecule has 29 heavy (non-hydrogen) atoms. The molecule has 1 amide bonds. The van der Waals surface area contributed by atoms with Gasteiger partial charge in [-0.2, -0.15) is 0 Å². The van der Waals surface area contributed by atoms with Crippen molar-refractivity contribution in [1.82, 2.24) is 5.32 Å². The second-order valence-electron chi connectivity index (χ2n) is 6.18. The highest BCUT2D eigenvalue weighted by Gasteiger charge is 2.38. The Labute approximate surface area is 167 Å². The van der Waals surface area contributed by atoms with E-state index in [0.717, 1.165) is 5.39 Å². The molecule has 8 heteroatoms. The number of nitrogens with one attached hydrogen (secondary N) is 1. The first-order chi connectivity index (χ1) is 13.9. The molecule has 2 atom stereocenters. The molecule has 0 aliphatic heterocycles. The summed E-state index contributed by atoms with van der Waals surface area (Å²) in [5, 5.41) is 13.4. The van der Waals surface area contributed by atoms with E-state index in [1.54, 1.807) is 38.1 Å². The smallest absolute Gasteiger partial charge is 0.327 e. The van der Waals surface area contributed by atoms with Crippen molar-refractivity contribution in [2.75, 3.05) is 13.2 Å². The van der Waals surface area contributed by atoms with Gasteiger partial charge in [0.2, 0.25) is 0 Å². The number of aliphatic carboxylic acids is 1. The summed E-state index contributed by atoms with van der Waals surface area (Å²) in [6.45, 7) is 3.23. The number of esters is 2. The van der Waals surface area contributed by atoms with Gasteiger partial charge >= 0.3 is 17.9 Å². The number of amides is 1. The Morgan fingerprint density at radius 2 is 1.62 bits per heavy atom. The largest absolute Gasteiger partial charge is 0.480 e. The molecule has 0 heterocycles.